The van der Waals surface area contributed by atoms with E-state index in [9.17, 15) is 14.4 Å². The lowest BCUT2D eigenvalue weighted by atomic mass is 9.69. The first-order valence-corrected chi connectivity index (χ1v) is 16.2. The number of carbonyl (C=O) groups is 3. The van der Waals surface area contributed by atoms with Crippen molar-refractivity contribution in [3.05, 3.63) is 69.3 Å². The van der Waals surface area contributed by atoms with Gasteiger partial charge in [0.15, 0.2) is 5.78 Å². The second kappa shape index (κ2) is 10.5. The quantitative estimate of drug-likeness (QED) is 0.395. The minimum atomic E-state index is -0.625. The van der Waals surface area contributed by atoms with E-state index in [1.807, 2.05) is 49.9 Å². The summed E-state index contributed by atoms with van der Waals surface area (Å²) in [4.78, 5) is 47.8. The summed E-state index contributed by atoms with van der Waals surface area (Å²) in [7, 11) is 1.61. The first kappa shape index (κ1) is 29.5. The Morgan fingerprint density at radius 3 is 2.47 bits per heavy atom. The molecule has 1 aromatic carbocycles. The Labute approximate surface area is 257 Å². The number of hydrogen-bond donors (Lipinski definition) is 1. The van der Waals surface area contributed by atoms with Crippen LogP contribution in [0.2, 0.25) is 0 Å². The van der Waals surface area contributed by atoms with E-state index in [4.69, 9.17) is 14.5 Å². The zero-order chi connectivity index (χ0) is 30.8. The number of ether oxygens (including phenoxy) is 2. The molecule has 1 atom stereocenters. The fourth-order valence-corrected chi connectivity index (χ4v) is 7.53. The number of allylic oxidation sites excluding steroid dienone is 2. The summed E-state index contributed by atoms with van der Waals surface area (Å²) in [5.74, 6) is 1.02. The van der Waals surface area contributed by atoms with Crippen molar-refractivity contribution in [3.8, 4) is 17.0 Å². The molecule has 8 nitrogen and oxygen atoms in total. The Kier molecular flexibility index (Phi) is 7.23. The first-order valence-electron chi connectivity index (χ1n) is 14.9. The molecule has 0 bridgehead atoms. The van der Waals surface area contributed by atoms with Crippen LogP contribution in [0.4, 0.5) is 0 Å². The van der Waals surface area contributed by atoms with Gasteiger partial charge < -0.3 is 14.4 Å². The molecule has 2 aliphatic carbocycles. The summed E-state index contributed by atoms with van der Waals surface area (Å²) < 4.78 is 15.3. The number of Topliss-reactive ketones (excluding diaryl/α,β-unsaturated/α-hetero) is 1. The minimum absolute atomic E-state index is 0.0112. The molecule has 3 heterocycles. The summed E-state index contributed by atoms with van der Waals surface area (Å²) in [5.41, 5.74) is 4.84. The average Bonchev–Trinajstić information content (AvgIpc) is 3.69. The molecule has 43 heavy (non-hydrogen) atoms. The predicted octanol–water partition coefficient (Wildman–Crippen LogP) is 6.18. The van der Waals surface area contributed by atoms with Gasteiger partial charge in [-0.1, -0.05) is 18.0 Å². The number of nitrogens with one attached hydrogen (secondary N) is 1. The van der Waals surface area contributed by atoms with Crippen LogP contribution in [-0.4, -0.2) is 52.9 Å². The van der Waals surface area contributed by atoms with Crippen molar-refractivity contribution in [1.82, 2.24) is 14.6 Å². The smallest absolute Gasteiger partial charge is 0.279 e. The van der Waals surface area contributed by atoms with Crippen molar-refractivity contribution in [2.75, 3.05) is 19.9 Å². The largest absolute Gasteiger partial charge is 0.496 e. The highest BCUT2D eigenvalue weighted by Gasteiger charge is 2.55. The molecule has 1 aromatic heterocycles. The lowest BCUT2D eigenvalue weighted by Crippen LogP contribution is -2.53. The van der Waals surface area contributed by atoms with Gasteiger partial charge in [-0.2, -0.15) is 0 Å². The van der Waals surface area contributed by atoms with Crippen LogP contribution in [0.15, 0.2) is 46.9 Å². The molecule has 2 amide bonds. The van der Waals surface area contributed by atoms with Gasteiger partial charge in [-0.05, 0) is 82.2 Å². The Balaban J connectivity index is 1.58. The van der Waals surface area contributed by atoms with Gasteiger partial charge >= 0.3 is 0 Å². The Bertz CT molecular complexity index is 1630. The number of hydrogen-bond acceptors (Lipinski definition) is 7. The third kappa shape index (κ3) is 4.76. The van der Waals surface area contributed by atoms with Crippen molar-refractivity contribution in [2.45, 2.75) is 78.2 Å². The summed E-state index contributed by atoms with van der Waals surface area (Å²) >= 11 is 1.23. The maximum absolute atomic E-state index is 14.4. The van der Waals surface area contributed by atoms with Crippen LogP contribution in [0.5, 0.6) is 5.75 Å². The highest BCUT2D eigenvalue weighted by molar-refractivity contribution is 7.97. The fourth-order valence-electron chi connectivity index (χ4n) is 7.25. The highest BCUT2D eigenvalue weighted by atomic mass is 32.2. The van der Waals surface area contributed by atoms with Crippen LogP contribution in [-0.2, 0) is 14.3 Å². The molecule has 0 radical (unpaired) electrons. The minimum Gasteiger partial charge on any atom is -0.496 e. The Morgan fingerprint density at radius 2 is 1.81 bits per heavy atom. The topological polar surface area (TPSA) is 97.8 Å². The van der Waals surface area contributed by atoms with Crippen molar-refractivity contribution in [2.24, 2.45) is 5.41 Å². The van der Waals surface area contributed by atoms with E-state index in [1.165, 1.54) is 11.9 Å². The number of benzene rings is 1. The van der Waals surface area contributed by atoms with Crippen LogP contribution in [0.1, 0.15) is 86.0 Å². The number of aryl methyl sites for hydroxylation is 1. The van der Waals surface area contributed by atoms with E-state index in [-0.39, 0.29) is 23.0 Å². The van der Waals surface area contributed by atoms with Gasteiger partial charge in [0.05, 0.1) is 24.3 Å². The molecular formula is C34H39N3O5S. The molecule has 6 rings (SSSR count). The van der Waals surface area contributed by atoms with Crippen molar-refractivity contribution in [3.63, 3.8) is 0 Å². The summed E-state index contributed by atoms with van der Waals surface area (Å²) in [6.07, 6.45) is 5.58. The number of rotatable bonds is 6. The van der Waals surface area contributed by atoms with Crippen LogP contribution in [0.25, 0.3) is 11.3 Å². The number of amides is 2. The third-order valence-electron chi connectivity index (χ3n) is 9.64. The number of nitrogens with zero attached hydrogens (tertiary/aromatic N) is 2. The Morgan fingerprint density at radius 1 is 1.09 bits per heavy atom. The van der Waals surface area contributed by atoms with Gasteiger partial charge in [-0.25, -0.2) is 4.98 Å². The summed E-state index contributed by atoms with van der Waals surface area (Å²) in [6.45, 7) is 10.5. The van der Waals surface area contributed by atoms with E-state index in [1.54, 1.807) is 13.4 Å². The standard InChI is InChI=1S/C34H39N3O5S/c1-8-37-32(40)28-24(16-33(37,4)5)42-25-17-34(13-14-34)15-22(38)27(25)29(28)26-19(3)20(10-12-23(26)41-6)21-11-9-18(2)30(35-21)31(39)36-43-7/h9-12,29H,8,13-17H2,1-7H3,(H,36,39)/t29-/m1/s1. The first-order chi connectivity index (χ1) is 20.4. The maximum atomic E-state index is 14.4. The average molecular weight is 602 g/mol. The van der Waals surface area contributed by atoms with Gasteiger partial charge in [0, 0.05) is 54.3 Å². The number of likely N-dealkylation sites (N-methyl/N-ethyl adjacent to an activating group) is 1. The lowest BCUT2D eigenvalue weighted by molar-refractivity contribution is -0.134. The van der Waals surface area contributed by atoms with Gasteiger partial charge in [-0.3, -0.25) is 19.1 Å². The molecule has 226 valence electrons. The molecule has 2 aromatic rings. The predicted molar refractivity (Wildman–Crippen MR) is 167 cm³/mol. The van der Waals surface area contributed by atoms with E-state index in [0.29, 0.717) is 65.6 Å². The summed E-state index contributed by atoms with van der Waals surface area (Å²) in [5, 5.41) is 0. The number of carbonyl (C=O) groups excluding carboxylic acids is 3. The zero-order valence-corrected chi connectivity index (χ0v) is 26.8. The van der Waals surface area contributed by atoms with Crippen LogP contribution in [0.3, 0.4) is 0 Å². The van der Waals surface area contributed by atoms with Crippen LogP contribution < -0.4 is 9.46 Å². The molecule has 2 aliphatic heterocycles. The number of ketones is 1. The van der Waals surface area contributed by atoms with Crippen LogP contribution >= 0.6 is 11.9 Å². The number of methoxy groups -OCH3 is 1. The van der Waals surface area contributed by atoms with E-state index in [2.05, 4.69) is 18.6 Å². The number of aromatic nitrogens is 1. The van der Waals surface area contributed by atoms with E-state index in [0.717, 1.165) is 35.1 Å². The molecule has 1 spiro atoms. The molecular weight excluding hydrogens is 562 g/mol. The third-order valence-corrected chi connectivity index (χ3v) is 10.0. The number of pyridine rings is 1. The molecule has 1 saturated carbocycles. The van der Waals surface area contributed by atoms with Gasteiger partial charge in [-0.15, -0.1) is 0 Å². The Hall–Kier alpha value is -3.59. The normalized spacial score (nSPS) is 21.8. The van der Waals surface area contributed by atoms with Crippen molar-refractivity contribution in [1.29, 1.82) is 0 Å². The second-order valence-corrected chi connectivity index (χ2v) is 13.5. The monoisotopic (exact) mass is 601 g/mol. The maximum Gasteiger partial charge on any atom is 0.279 e. The molecule has 4 aliphatic rings. The fraction of sp³-hybridized carbons (Fsp3) is 0.471. The zero-order valence-electron chi connectivity index (χ0n) is 26.0. The molecule has 0 saturated heterocycles. The van der Waals surface area contributed by atoms with Crippen molar-refractivity contribution >= 4 is 29.5 Å². The van der Waals surface area contributed by atoms with Crippen LogP contribution in [0, 0.1) is 19.3 Å². The molecule has 1 fully saturated rings. The summed E-state index contributed by atoms with van der Waals surface area (Å²) in [6, 6.07) is 7.60. The molecule has 0 unspecified atom stereocenters. The molecule has 9 heteroatoms. The SMILES string of the molecule is CCN1C(=O)C2=C(CC1(C)C)OC1=C(C(=O)CC3(CC3)C1)[C@H]2c1c(OC)ccc(-c2ccc(C)c(C(=O)NSC)n2)c1C. The van der Waals surface area contributed by atoms with Gasteiger partial charge in [0.25, 0.3) is 11.8 Å². The van der Waals surface area contributed by atoms with E-state index >= 15 is 0 Å². The molecule has 1 N–H and O–H groups in total. The van der Waals surface area contributed by atoms with Gasteiger partial charge in [0.2, 0.25) is 0 Å². The van der Waals surface area contributed by atoms with Gasteiger partial charge in [0.1, 0.15) is 23.0 Å². The highest BCUT2D eigenvalue weighted by Crippen LogP contribution is 2.61. The van der Waals surface area contributed by atoms with Crippen molar-refractivity contribution < 1.29 is 23.9 Å². The lowest BCUT2D eigenvalue weighted by Gasteiger charge is -2.47. The van der Waals surface area contributed by atoms with E-state index < -0.39 is 11.5 Å². The second-order valence-electron chi connectivity index (χ2n) is 12.9.